The van der Waals surface area contributed by atoms with Crippen molar-refractivity contribution in [2.75, 3.05) is 18.4 Å². The molecule has 2 amide bonds. The monoisotopic (exact) mass is 297 g/mol. The lowest BCUT2D eigenvalue weighted by Gasteiger charge is -2.25. The minimum absolute atomic E-state index is 0.326. The Hall–Kier alpha value is -1.43. The molecule has 1 aromatic rings. The fraction of sp³-hybridized carbons (Fsp3) is 0.643. The highest BCUT2D eigenvalue weighted by Gasteiger charge is 2.23. The van der Waals surface area contributed by atoms with Gasteiger partial charge in [-0.2, -0.15) is 0 Å². The first-order valence-corrected chi connectivity index (χ1v) is 7.70. The number of hydrogen-bond acceptors (Lipinski definition) is 4. The Labute approximate surface area is 124 Å². The number of rotatable bonds is 5. The van der Waals surface area contributed by atoms with Crippen molar-refractivity contribution in [1.29, 1.82) is 0 Å². The normalized spacial score (nSPS) is 10.9. The van der Waals surface area contributed by atoms with Gasteiger partial charge in [-0.1, -0.05) is 27.7 Å². The Balaban J connectivity index is 2.69. The van der Waals surface area contributed by atoms with Crippen LogP contribution in [0.25, 0.3) is 0 Å². The van der Waals surface area contributed by atoms with E-state index in [0.29, 0.717) is 30.1 Å². The molecule has 112 valence electrons. The average molecular weight is 297 g/mol. The first kappa shape index (κ1) is 16.6. The molecule has 0 bridgehead atoms. The molecule has 20 heavy (non-hydrogen) atoms. The molecule has 0 atom stereocenters. The molecule has 0 aliphatic heterocycles. The van der Waals surface area contributed by atoms with Crippen LogP contribution in [0.4, 0.5) is 5.13 Å². The van der Waals surface area contributed by atoms with Crippen LogP contribution in [0.3, 0.4) is 0 Å². The van der Waals surface area contributed by atoms with E-state index in [0.717, 1.165) is 5.69 Å². The lowest BCUT2D eigenvalue weighted by Crippen LogP contribution is -2.43. The van der Waals surface area contributed by atoms with Gasteiger partial charge in [0.1, 0.15) is 0 Å². The molecule has 0 fully saturated rings. The predicted molar refractivity (Wildman–Crippen MR) is 81.7 cm³/mol. The summed E-state index contributed by atoms with van der Waals surface area (Å²) >= 11 is 1.32. The summed E-state index contributed by atoms with van der Waals surface area (Å²) in [7, 11) is 0. The number of carbonyl (C=O) groups excluding carboxylic acids is 2. The minimum Gasteiger partial charge on any atom is -0.334 e. The standard InChI is InChI=1S/C14H23N3O2S/c1-9(2)6-17(7-10(3)4)13(19)12(18)16-14-15-11(5)8-20-14/h8-10H,6-7H2,1-5H3,(H,15,16,18). The smallest absolute Gasteiger partial charge is 0.315 e. The number of thiazole rings is 1. The first-order chi connectivity index (χ1) is 9.29. The molecule has 0 unspecified atom stereocenters. The fourth-order valence-corrected chi connectivity index (χ4v) is 2.51. The van der Waals surface area contributed by atoms with E-state index < -0.39 is 11.8 Å². The average Bonchev–Trinajstić information content (AvgIpc) is 2.71. The molecule has 0 saturated heterocycles. The van der Waals surface area contributed by atoms with Gasteiger partial charge in [0.25, 0.3) is 0 Å². The quantitative estimate of drug-likeness (QED) is 0.850. The molecule has 0 aliphatic rings. The summed E-state index contributed by atoms with van der Waals surface area (Å²) in [4.78, 5) is 30.0. The predicted octanol–water partition coefficient (Wildman–Crippen LogP) is 2.53. The van der Waals surface area contributed by atoms with Crippen LogP contribution < -0.4 is 5.32 Å². The zero-order chi connectivity index (χ0) is 15.3. The summed E-state index contributed by atoms with van der Waals surface area (Å²) in [5, 5.41) is 4.87. The summed E-state index contributed by atoms with van der Waals surface area (Å²) in [5.41, 5.74) is 0.832. The molecule has 1 aromatic heterocycles. The lowest BCUT2D eigenvalue weighted by molar-refractivity contribution is -0.143. The highest BCUT2D eigenvalue weighted by molar-refractivity contribution is 7.14. The molecule has 5 nitrogen and oxygen atoms in total. The highest BCUT2D eigenvalue weighted by atomic mass is 32.1. The summed E-state index contributed by atoms with van der Waals surface area (Å²) in [6.07, 6.45) is 0. The molecular weight excluding hydrogens is 274 g/mol. The molecule has 6 heteroatoms. The molecule has 1 rings (SSSR count). The van der Waals surface area contributed by atoms with Crippen LogP contribution in [0, 0.1) is 18.8 Å². The summed E-state index contributed by atoms with van der Waals surface area (Å²) in [5.74, 6) is -0.443. The third kappa shape index (κ3) is 5.28. The van der Waals surface area contributed by atoms with E-state index in [2.05, 4.69) is 10.3 Å². The van der Waals surface area contributed by atoms with Crippen molar-refractivity contribution in [1.82, 2.24) is 9.88 Å². The van der Waals surface area contributed by atoms with Gasteiger partial charge in [0.05, 0.1) is 5.69 Å². The summed E-state index contributed by atoms with van der Waals surface area (Å²) in [6, 6.07) is 0. The van der Waals surface area contributed by atoms with Gasteiger partial charge in [-0.05, 0) is 18.8 Å². The van der Waals surface area contributed by atoms with Crippen molar-refractivity contribution >= 4 is 28.3 Å². The van der Waals surface area contributed by atoms with Crippen LogP contribution in [-0.4, -0.2) is 34.8 Å². The Bertz CT molecular complexity index is 459. The van der Waals surface area contributed by atoms with Gasteiger partial charge in [-0.3, -0.25) is 14.9 Å². The number of nitrogens with zero attached hydrogens (tertiary/aromatic N) is 2. The third-order valence-electron chi connectivity index (χ3n) is 2.49. The Morgan fingerprint density at radius 1 is 1.25 bits per heavy atom. The highest BCUT2D eigenvalue weighted by Crippen LogP contribution is 2.14. The molecule has 1 N–H and O–H groups in total. The van der Waals surface area contributed by atoms with Gasteiger partial charge >= 0.3 is 11.8 Å². The van der Waals surface area contributed by atoms with Crippen LogP contribution in [-0.2, 0) is 9.59 Å². The number of aromatic nitrogens is 1. The Morgan fingerprint density at radius 3 is 2.20 bits per heavy atom. The first-order valence-electron chi connectivity index (χ1n) is 6.82. The zero-order valence-electron chi connectivity index (χ0n) is 12.8. The minimum atomic E-state index is -0.611. The summed E-state index contributed by atoms with van der Waals surface area (Å²) in [6.45, 7) is 11.1. The summed E-state index contributed by atoms with van der Waals surface area (Å²) < 4.78 is 0. The fourth-order valence-electron chi connectivity index (χ4n) is 1.83. The Kier molecular flexibility index (Phi) is 6.13. The van der Waals surface area contributed by atoms with Crippen molar-refractivity contribution in [2.24, 2.45) is 11.8 Å². The molecule has 0 spiro atoms. The van der Waals surface area contributed by atoms with Crippen LogP contribution in [0.15, 0.2) is 5.38 Å². The van der Waals surface area contributed by atoms with E-state index >= 15 is 0 Å². The maximum Gasteiger partial charge on any atom is 0.315 e. The van der Waals surface area contributed by atoms with E-state index in [1.807, 2.05) is 40.0 Å². The van der Waals surface area contributed by atoms with Gasteiger partial charge < -0.3 is 4.90 Å². The van der Waals surface area contributed by atoms with Gasteiger partial charge in [-0.15, -0.1) is 11.3 Å². The second-order valence-corrected chi connectivity index (χ2v) is 6.60. The van der Waals surface area contributed by atoms with Crippen molar-refractivity contribution in [3.63, 3.8) is 0 Å². The van der Waals surface area contributed by atoms with E-state index in [-0.39, 0.29) is 0 Å². The molecule has 0 saturated carbocycles. The van der Waals surface area contributed by atoms with E-state index in [4.69, 9.17) is 0 Å². The largest absolute Gasteiger partial charge is 0.334 e. The maximum atomic E-state index is 12.2. The molecule has 0 aromatic carbocycles. The Morgan fingerprint density at radius 2 is 1.80 bits per heavy atom. The third-order valence-corrected chi connectivity index (χ3v) is 3.37. The van der Waals surface area contributed by atoms with Crippen LogP contribution in [0.1, 0.15) is 33.4 Å². The molecule has 0 aliphatic carbocycles. The topological polar surface area (TPSA) is 62.3 Å². The van der Waals surface area contributed by atoms with E-state index in [9.17, 15) is 9.59 Å². The van der Waals surface area contributed by atoms with E-state index in [1.165, 1.54) is 11.3 Å². The number of carbonyl (C=O) groups is 2. The van der Waals surface area contributed by atoms with Crippen molar-refractivity contribution in [3.8, 4) is 0 Å². The number of aryl methyl sites for hydroxylation is 1. The maximum absolute atomic E-state index is 12.2. The van der Waals surface area contributed by atoms with Gasteiger partial charge in [-0.25, -0.2) is 4.98 Å². The molecule has 1 heterocycles. The zero-order valence-corrected chi connectivity index (χ0v) is 13.6. The SMILES string of the molecule is Cc1csc(NC(=O)C(=O)N(CC(C)C)CC(C)C)n1. The number of amides is 2. The van der Waals surface area contributed by atoms with E-state index in [1.54, 1.807) is 4.90 Å². The lowest BCUT2D eigenvalue weighted by atomic mass is 10.1. The van der Waals surface area contributed by atoms with Crippen molar-refractivity contribution in [2.45, 2.75) is 34.6 Å². The second kappa shape index (κ2) is 7.38. The van der Waals surface area contributed by atoms with Gasteiger partial charge in [0, 0.05) is 18.5 Å². The van der Waals surface area contributed by atoms with Gasteiger partial charge in [0.15, 0.2) is 5.13 Å². The molecular formula is C14H23N3O2S. The number of nitrogens with one attached hydrogen (secondary N) is 1. The number of anilines is 1. The van der Waals surface area contributed by atoms with Crippen LogP contribution >= 0.6 is 11.3 Å². The van der Waals surface area contributed by atoms with Crippen LogP contribution in [0.2, 0.25) is 0 Å². The van der Waals surface area contributed by atoms with Crippen LogP contribution in [0.5, 0.6) is 0 Å². The number of hydrogen-bond donors (Lipinski definition) is 1. The van der Waals surface area contributed by atoms with Crippen molar-refractivity contribution < 1.29 is 9.59 Å². The van der Waals surface area contributed by atoms with Gasteiger partial charge in [0.2, 0.25) is 0 Å². The molecule has 0 radical (unpaired) electrons. The second-order valence-electron chi connectivity index (χ2n) is 5.75. The van der Waals surface area contributed by atoms with Crippen molar-refractivity contribution in [3.05, 3.63) is 11.1 Å².